The molecular weight excluding hydrogens is 306 g/mol. The van der Waals surface area contributed by atoms with Crippen molar-refractivity contribution in [3.63, 3.8) is 0 Å². The number of hydrazone groups is 1. The number of methoxy groups -OCH3 is 1. The molecule has 2 rings (SSSR count). The number of hydrogen-bond donors (Lipinski definition) is 2. The number of rotatable bonds is 6. The Hall–Kier alpha value is -3.15. The van der Waals surface area contributed by atoms with Crippen LogP contribution in [0.4, 0.5) is 0 Å². The molecule has 0 aliphatic carbocycles. The molecule has 1 atom stereocenters. The second kappa shape index (κ2) is 8.47. The van der Waals surface area contributed by atoms with Crippen LogP contribution in [0.5, 0.6) is 5.75 Å². The molecular formula is C18H19N3O3. The van der Waals surface area contributed by atoms with E-state index in [9.17, 15) is 9.59 Å². The van der Waals surface area contributed by atoms with Gasteiger partial charge in [0.2, 0.25) is 0 Å². The maximum atomic E-state index is 12.0. The summed E-state index contributed by atoms with van der Waals surface area (Å²) in [5, 5.41) is 6.50. The third kappa shape index (κ3) is 4.95. The number of nitrogens with zero attached hydrogens (tertiary/aromatic N) is 1. The van der Waals surface area contributed by atoms with E-state index in [1.54, 1.807) is 50.4 Å². The van der Waals surface area contributed by atoms with Crippen molar-refractivity contribution in [3.05, 3.63) is 65.7 Å². The molecule has 0 radical (unpaired) electrons. The van der Waals surface area contributed by atoms with Crippen LogP contribution in [0.15, 0.2) is 59.7 Å². The second-order valence-corrected chi connectivity index (χ2v) is 5.07. The molecule has 1 unspecified atom stereocenters. The van der Waals surface area contributed by atoms with E-state index in [0.29, 0.717) is 5.56 Å². The van der Waals surface area contributed by atoms with Crippen LogP contribution >= 0.6 is 0 Å². The van der Waals surface area contributed by atoms with Crippen LogP contribution in [0, 0.1) is 0 Å². The molecule has 2 aromatic carbocycles. The van der Waals surface area contributed by atoms with Crippen LogP contribution in [0.3, 0.4) is 0 Å². The molecule has 0 bridgehead atoms. The first-order chi connectivity index (χ1) is 11.6. The predicted octanol–water partition coefficient (Wildman–Crippen LogP) is 1.96. The van der Waals surface area contributed by atoms with Gasteiger partial charge in [-0.1, -0.05) is 18.2 Å². The van der Waals surface area contributed by atoms with Gasteiger partial charge in [0.05, 0.1) is 13.3 Å². The van der Waals surface area contributed by atoms with Crippen molar-refractivity contribution in [1.29, 1.82) is 0 Å². The fraction of sp³-hybridized carbons (Fsp3) is 0.167. The number of nitrogens with one attached hydrogen (secondary N) is 2. The molecule has 24 heavy (non-hydrogen) atoms. The molecule has 6 nitrogen and oxygen atoms in total. The average Bonchev–Trinajstić information content (AvgIpc) is 2.62. The van der Waals surface area contributed by atoms with Gasteiger partial charge in [0.25, 0.3) is 11.8 Å². The van der Waals surface area contributed by atoms with E-state index in [1.165, 1.54) is 6.21 Å². The van der Waals surface area contributed by atoms with E-state index < -0.39 is 11.9 Å². The van der Waals surface area contributed by atoms with Gasteiger partial charge in [-0.05, 0) is 48.9 Å². The van der Waals surface area contributed by atoms with E-state index in [2.05, 4.69) is 15.8 Å². The second-order valence-electron chi connectivity index (χ2n) is 5.07. The van der Waals surface area contributed by atoms with Gasteiger partial charge in [-0.2, -0.15) is 5.10 Å². The van der Waals surface area contributed by atoms with Gasteiger partial charge < -0.3 is 10.1 Å². The fourth-order valence-electron chi connectivity index (χ4n) is 1.89. The standard InChI is InChI=1S/C18H19N3O3/c1-13(20-18(23)15-6-4-3-5-7-15)17(22)21-19-12-14-8-10-16(24-2)11-9-14/h3-13H,1-2H3,(H,20,23)(H,21,22). The van der Waals surface area contributed by atoms with E-state index in [1.807, 2.05) is 18.2 Å². The van der Waals surface area contributed by atoms with Crippen molar-refractivity contribution in [2.24, 2.45) is 5.10 Å². The van der Waals surface area contributed by atoms with Crippen molar-refractivity contribution in [2.75, 3.05) is 7.11 Å². The number of amides is 2. The predicted molar refractivity (Wildman–Crippen MR) is 92.1 cm³/mol. The number of hydrogen-bond acceptors (Lipinski definition) is 4. The lowest BCUT2D eigenvalue weighted by atomic mass is 10.2. The summed E-state index contributed by atoms with van der Waals surface area (Å²) in [5.74, 6) is 0.0369. The molecule has 2 N–H and O–H groups in total. The van der Waals surface area contributed by atoms with Crippen molar-refractivity contribution < 1.29 is 14.3 Å². The Morgan fingerprint density at radius 1 is 1.08 bits per heavy atom. The third-order valence-electron chi connectivity index (χ3n) is 3.28. The summed E-state index contributed by atoms with van der Waals surface area (Å²) in [4.78, 5) is 23.9. The quantitative estimate of drug-likeness (QED) is 0.629. The molecule has 0 aliphatic heterocycles. The Labute approximate surface area is 140 Å². The Morgan fingerprint density at radius 2 is 1.75 bits per heavy atom. The maximum absolute atomic E-state index is 12.0. The first-order valence-corrected chi connectivity index (χ1v) is 7.43. The van der Waals surface area contributed by atoms with Gasteiger partial charge >= 0.3 is 0 Å². The molecule has 6 heteroatoms. The lowest BCUT2D eigenvalue weighted by Gasteiger charge is -2.12. The molecule has 0 saturated carbocycles. The molecule has 2 amide bonds. The highest BCUT2D eigenvalue weighted by Crippen LogP contribution is 2.09. The Morgan fingerprint density at radius 3 is 2.38 bits per heavy atom. The minimum absolute atomic E-state index is 0.308. The van der Waals surface area contributed by atoms with Crippen molar-refractivity contribution >= 4 is 18.0 Å². The fourth-order valence-corrected chi connectivity index (χ4v) is 1.89. The molecule has 0 aliphatic rings. The smallest absolute Gasteiger partial charge is 0.262 e. The van der Waals surface area contributed by atoms with Crippen LogP contribution in [0.2, 0.25) is 0 Å². The zero-order valence-corrected chi connectivity index (χ0v) is 13.5. The number of benzene rings is 2. The van der Waals surface area contributed by atoms with Gasteiger partial charge in [-0.3, -0.25) is 9.59 Å². The van der Waals surface area contributed by atoms with Gasteiger partial charge in [0.15, 0.2) is 0 Å². The van der Waals surface area contributed by atoms with Crippen molar-refractivity contribution in [3.8, 4) is 5.75 Å². The largest absolute Gasteiger partial charge is 0.497 e. The first kappa shape index (κ1) is 17.2. The van der Waals surface area contributed by atoms with Gasteiger partial charge in [0, 0.05) is 5.56 Å². The van der Waals surface area contributed by atoms with Crippen molar-refractivity contribution in [1.82, 2.24) is 10.7 Å². The number of carbonyl (C=O) groups excluding carboxylic acids is 2. The molecule has 124 valence electrons. The molecule has 0 saturated heterocycles. The topological polar surface area (TPSA) is 79.8 Å². The van der Waals surface area contributed by atoms with E-state index in [0.717, 1.165) is 11.3 Å². The van der Waals surface area contributed by atoms with Crippen molar-refractivity contribution in [2.45, 2.75) is 13.0 Å². The zero-order valence-electron chi connectivity index (χ0n) is 13.5. The monoisotopic (exact) mass is 325 g/mol. The van der Waals surface area contributed by atoms with E-state index in [-0.39, 0.29) is 5.91 Å². The molecule has 0 aromatic heterocycles. The van der Waals surface area contributed by atoms with Crippen LogP contribution < -0.4 is 15.5 Å². The minimum atomic E-state index is -0.703. The Bertz CT molecular complexity index is 712. The normalized spacial score (nSPS) is 11.8. The summed E-state index contributed by atoms with van der Waals surface area (Å²) in [6.45, 7) is 1.60. The lowest BCUT2D eigenvalue weighted by Crippen LogP contribution is -2.43. The van der Waals surface area contributed by atoms with Crippen LogP contribution in [0.25, 0.3) is 0 Å². The van der Waals surface area contributed by atoms with Crippen LogP contribution in [-0.2, 0) is 4.79 Å². The third-order valence-corrected chi connectivity index (χ3v) is 3.28. The lowest BCUT2D eigenvalue weighted by molar-refractivity contribution is -0.122. The van der Waals surface area contributed by atoms with Crippen LogP contribution in [-0.4, -0.2) is 31.2 Å². The van der Waals surface area contributed by atoms with Gasteiger partial charge in [-0.25, -0.2) is 5.43 Å². The Balaban J connectivity index is 1.84. The summed E-state index contributed by atoms with van der Waals surface area (Å²) >= 11 is 0. The zero-order chi connectivity index (χ0) is 17.4. The minimum Gasteiger partial charge on any atom is -0.497 e. The number of carbonyl (C=O) groups is 2. The average molecular weight is 325 g/mol. The highest BCUT2D eigenvalue weighted by molar-refractivity contribution is 5.97. The van der Waals surface area contributed by atoms with E-state index in [4.69, 9.17) is 4.74 Å². The number of ether oxygens (including phenoxy) is 1. The van der Waals surface area contributed by atoms with Gasteiger partial charge in [0.1, 0.15) is 11.8 Å². The summed E-state index contributed by atoms with van der Waals surface area (Å²) in [5.41, 5.74) is 3.72. The summed E-state index contributed by atoms with van der Waals surface area (Å²) in [7, 11) is 1.59. The highest BCUT2D eigenvalue weighted by atomic mass is 16.5. The molecule has 0 heterocycles. The summed E-state index contributed by atoms with van der Waals surface area (Å²) in [6.07, 6.45) is 1.52. The van der Waals surface area contributed by atoms with E-state index >= 15 is 0 Å². The van der Waals surface area contributed by atoms with Crippen LogP contribution in [0.1, 0.15) is 22.8 Å². The molecule has 0 fully saturated rings. The first-order valence-electron chi connectivity index (χ1n) is 7.43. The molecule has 0 spiro atoms. The van der Waals surface area contributed by atoms with Gasteiger partial charge in [-0.15, -0.1) is 0 Å². The molecule has 2 aromatic rings. The maximum Gasteiger partial charge on any atom is 0.262 e. The summed E-state index contributed by atoms with van der Waals surface area (Å²) < 4.78 is 5.06. The Kier molecular flexibility index (Phi) is 6.08. The SMILES string of the molecule is COc1ccc(C=NNC(=O)C(C)NC(=O)c2ccccc2)cc1. The summed E-state index contributed by atoms with van der Waals surface area (Å²) in [6, 6.07) is 15.2. The highest BCUT2D eigenvalue weighted by Gasteiger charge is 2.15.